The molecule has 3 heterocycles. The molecule has 7 nitrogen and oxygen atoms in total. The number of nitrogens with zero attached hydrogens (tertiary/aromatic N) is 5. The van der Waals surface area contributed by atoms with Crippen molar-refractivity contribution in [2.45, 2.75) is 39.9 Å². The Bertz CT molecular complexity index is 688. The summed E-state index contributed by atoms with van der Waals surface area (Å²) in [6, 6.07) is 1.93. The fraction of sp³-hybridized carbons (Fsp3) is 0.533. The van der Waals surface area contributed by atoms with Crippen molar-refractivity contribution < 1.29 is 9.53 Å². The van der Waals surface area contributed by atoms with Crippen LogP contribution >= 0.6 is 0 Å². The van der Waals surface area contributed by atoms with Crippen LogP contribution in [-0.4, -0.2) is 44.0 Å². The quantitative estimate of drug-likeness (QED) is 0.858. The van der Waals surface area contributed by atoms with Crippen molar-refractivity contribution in [3.63, 3.8) is 0 Å². The minimum atomic E-state index is -0.0909. The predicted molar refractivity (Wildman–Crippen MR) is 80.8 cm³/mol. The Kier molecular flexibility index (Phi) is 3.87. The lowest BCUT2D eigenvalue weighted by molar-refractivity contribution is 0.0774. The summed E-state index contributed by atoms with van der Waals surface area (Å²) in [5, 5.41) is 8.65. The molecule has 1 amide bonds. The van der Waals surface area contributed by atoms with Crippen LogP contribution in [0.1, 0.15) is 35.1 Å². The summed E-state index contributed by atoms with van der Waals surface area (Å²) in [4.78, 5) is 14.3. The zero-order chi connectivity index (χ0) is 15.7. The van der Waals surface area contributed by atoms with Crippen LogP contribution in [0.2, 0.25) is 0 Å². The summed E-state index contributed by atoms with van der Waals surface area (Å²) in [6.45, 7) is 6.71. The third-order valence-electron chi connectivity index (χ3n) is 3.94. The summed E-state index contributed by atoms with van der Waals surface area (Å²) >= 11 is 0. The van der Waals surface area contributed by atoms with E-state index in [0.29, 0.717) is 18.8 Å². The second kappa shape index (κ2) is 5.82. The van der Waals surface area contributed by atoms with Crippen LogP contribution in [0, 0.1) is 6.92 Å². The molecule has 118 valence electrons. The summed E-state index contributed by atoms with van der Waals surface area (Å²) < 4.78 is 9.30. The van der Waals surface area contributed by atoms with E-state index >= 15 is 0 Å². The Morgan fingerprint density at radius 1 is 1.50 bits per heavy atom. The molecule has 2 aromatic heterocycles. The lowest BCUT2D eigenvalue weighted by atomic mass is 10.2. The Labute approximate surface area is 129 Å². The molecule has 0 radical (unpaired) electrons. The first-order valence-electron chi connectivity index (χ1n) is 7.58. The van der Waals surface area contributed by atoms with Gasteiger partial charge in [-0.05, 0) is 19.9 Å². The molecule has 0 aromatic carbocycles. The van der Waals surface area contributed by atoms with Crippen molar-refractivity contribution in [1.29, 1.82) is 0 Å². The molecular formula is C15H21N5O2. The van der Waals surface area contributed by atoms with E-state index in [1.807, 2.05) is 24.6 Å². The number of ether oxygens (including phenoxy) is 1. The van der Waals surface area contributed by atoms with Crippen molar-refractivity contribution in [2.24, 2.45) is 0 Å². The van der Waals surface area contributed by atoms with Gasteiger partial charge in [0.25, 0.3) is 5.91 Å². The van der Waals surface area contributed by atoms with Crippen LogP contribution in [0.15, 0.2) is 12.3 Å². The molecule has 22 heavy (non-hydrogen) atoms. The maximum atomic E-state index is 12.7. The molecule has 0 fully saturated rings. The number of carbonyl (C=O) groups excluding carboxylic acids is 1. The van der Waals surface area contributed by atoms with E-state index in [-0.39, 0.29) is 5.91 Å². The van der Waals surface area contributed by atoms with E-state index in [9.17, 15) is 4.79 Å². The van der Waals surface area contributed by atoms with Crippen molar-refractivity contribution in [3.8, 4) is 5.88 Å². The highest BCUT2D eigenvalue weighted by atomic mass is 16.5. The number of aromatic nitrogens is 4. The fourth-order valence-corrected chi connectivity index (χ4v) is 2.73. The second-order valence-electron chi connectivity index (χ2n) is 5.50. The second-order valence-corrected chi connectivity index (χ2v) is 5.50. The maximum Gasteiger partial charge on any atom is 0.274 e. The third kappa shape index (κ3) is 2.47. The smallest absolute Gasteiger partial charge is 0.274 e. The van der Waals surface area contributed by atoms with E-state index in [1.54, 1.807) is 22.8 Å². The van der Waals surface area contributed by atoms with Crippen LogP contribution in [0.3, 0.4) is 0 Å². The molecule has 0 N–H and O–H groups in total. The third-order valence-corrected chi connectivity index (χ3v) is 3.94. The SMILES string of the molecule is CCn1nccc1CN(C)C(=O)c1nn2c(c1C)OCCC2. The molecule has 0 aliphatic carbocycles. The highest BCUT2D eigenvalue weighted by Gasteiger charge is 2.25. The molecule has 3 rings (SSSR count). The van der Waals surface area contributed by atoms with Crippen LogP contribution < -0.4 is 4.74 Å². The number of carbonyl (C=O) groups is 1. The number of fused-ring (bicyclic) bond motifs is 1. The summed E-state index contributed by atoms with van der Waals surface area (Å²) in [5.41, 5.74) is 2.30. The first-order chi connectivity index (χ1) is 10.6. The Morgan fingerprint density at radius 3 is 3.05 bits per heavy atom. The van der Waals surface area contributed by atoms with Gasteiger partial charge in [0.15, 0.2) is 5.69 Å². The maximum absolute atomic E-state index is 12.7. The molecular weight excluding hydrogens is 282 g/mol. The molecule has 1 aliphatic heterocycles. The van der Waals surface area contributed by atoms with E-state index in [4.69, 9.17) is 4.74 Å². The van der Waals surface area contributed by atoms with Gasteiger partial charge >= 0.3 is 0 Å². The van der Waals surface area contributed by atoms with Crippen molar-refractivity contribution in [1.82, 2.24) is 24.5 Å². The zero-order valence-electron chi connectivity index (χ0n) is 13.2. The van der Waals surface area contributed by atoms with Crippen molar-refractivity contribution in [3.05, 3.63) is 29.2 Å². The highest BCUT2D eigenvalue weighted by Crippen LogP contribution is 2.25. The molecule has 1 aliphatic rings. The normalized spacial score (nSPS) is 13.6. The summed E-state index contributed by atoms with van der Waals surface area (Å²) in [5.74, 6) is 0.633. The van der Waals surface area contributed by atoms with E-state index in [2.05, 4.69) is 10.2 Å². The van der Waals surface area contributed by atoms with Gasteiger partial charge in [0.2, 0.25) is 5.88 Å². The van der Waals surface area contributed by atoms with Gasteiger partial charge in [-0.1, -0.05) is 0 Å². The molecule has 0 atom stereocenters. The Hall–Kier alpha value is -2.31. The van der Waals surface area contributed by atoms with Crippen molar-refractivity contribution >= 4 is 5.91 Å². The van der Waals surface area contributed by atoms with E-state index in [0.717, 1.165) is 36.6 Å². The number of hydrogen-bond donors (Lipinski definition) is 0. The van der Waals surface area contributed by atoms with Crippen LogP contribution in [0.25, 0.3) is 0 Å². The summed E-state index contributed by atoms with van der Waals surface area (Å²) in [7, 11) is 1.79. The zero-order valence-corrected chi connectivity index (χ0v) is 13.2. The highest BCUT2D eigenvalue weighted by molar-refractivity contribution is 5.94. The molecule has 0 saturated heterocycles. The fourth-order valence-electron chi connectivity index (χ4n) is 2.73. The topological polar surface area (TPSA) is 65.2 Å². The first-order valence-corrected chi connectivity index (χ1v) is 7.58. The molecule has 7 heteroatoms. The van der Waals surface area contributed by atoms with Crippen LogP contribution in [0.5, 0.6) is 5.88 Å². The van der Waals surface area contributed by atoms with Gasteiger partial charge < -0.3 is 9.64 Å². The Balaban J connectivity index is 1.80. The van der Waals surface area contributed by atoms with Gasteiger partial charge in [0.1, 0.15) is 0 Å². The molecule has 0 saturated carbocycles. The first kappa shape index (κ1) is 14.6. The van der Waals surface area contributed by atoms with E-state index in [1.165, 1.54) is 0 Å². The molecule has 2 aromatic rings. The van der Waals surface area contributed by atoms with Gasteiger partial charge in [-0.2, -0.15) is 10.2 Å². The van der Waals surface area contributed by atoms with Gasteiger partial charge in [0.05, 0.1) is 18.8 Å². The predicted octanol–water partition coefficient (Wildman–Crippen LogP) is 1.46. The average Bonchev–Trinajstić information content (AvgIpc) is 3.11. The monoisotopic (exact) mass is 303 g/mol. The van der Waals surface area contributed by atoms with Gasteiger partial charge in [-0.3, -0.25) is 9.48 Å². The molecule has 0 bridgehead atoms. The number of hydrogen-bond acceptors (Lipinski definition) is 4. The standard InChI is InChI=1S/C15H21N5O2/c1-4-19-12(6-7-16-19)10-18(3)14(21)13-11(2)15-20(17-13)8-5-9-22-15/h6-7H,4-5,8-10H2,1-3H3. The van der Waals surface area contributed by atoms with Gasteiger partial charge in [-0.25, -0.2) is 4.68 Å². The lowest BCUT2D eigenvalue weighted by Crippen LogP contribution is -2.28. The Morgan fingerprint density at radius 2 is 2.32 bits per heavy atom. The largest absolute Gasteiger partial charge is 0.478 e. The summed E-state index contributed by atoms with van der Waals surface area (Å²) in [6.07, 6.45) is 2.68. The minimum absolute atomic E-state index is 0.0909. The minimum Gasteiger partial charge on any atom is -0.478 e. The number of aryl methyl sites for hydroxylation is 2. The van der Waals surface area contributed by atoms with Crippen LogP contribution in [-0.2, 0) is 19.6 Å². The lowest BCUT2D eigenvalue weighted by Gasteiger charge is -2.16. The average molecular weight is 303 g/mol. The van der Waals surface area contributed by atoms with E-state index < -0.39 is 0 Å². The number of rotatable bonds is 4. The van der Waals surface area contributed by atoms with Gasteiger partial charge in [0, 0.05) is 38.3 Å². The van der Waals surface area contributed by atoms with Gasteiger partial charge in [-0.15, -0.1) is 0 Å². The number of amides is 1. The van der Waals surface area contributed by atoms with Crippen molar-refractivity contribution in [2.75, 3.05) is 13.7 Å². The van der Waals surface area contributed by atoms with Crippen LogP contribution in [0.4, 0.5) is 0 Å². The molecule has 0 spiro atoms. The molecule has 0 unspecified atom stereocenters.